The van der Waals surface area contributed by atoms with Crippen LogP contribution in [0.1, 0.15) is 18.5 Å². The van der Waals surface area contributed by atoms with Gasteiger partial charge in [-0.25, -0.2) is 4.39 Å². The third kappa shape index (κ3) is 4.31. The molecule has 0 fully saturated rings. The fourth-order valence-corrected chi connectivity index (χ4v) is 2.20. The number of likely N-dealkylation sites (N-methyl/N-ethyl adjacent to an activating group) is 1. The normalized spacial score (nSPS) is 13.0. The maximum Gasteiger partial charge on any atom is 0.137 e. The molecule has 102 valence electrons. The van der Waals surface area contributed by atoms with Gasteiger partial charge < -0.3 is 10.5 Å². The van der Waals surface area contributed by atoms with Crippen LogP contribution in [0.25, 0.3) is 0 Å². The van der Waals surface area contributed by atoms with Gasteiger partial charge in [-0.1, -0.05) is 6.07 Å². The molecule has 0 aromatic heterocycles. The van der Waals surface area contributed by atoms with Crippen LogP contribution in [0, 0.1) is 5.82 Å². The molecule has 0 spiro atoms. The molecule has 1 aromatic carbocycles. The fourth-order valence-electron chi connectivity index (χ4n) is 1.80. The van der Waals surface area contributed by atoms with Gasteiger partial charge in [0.15, 0.2) is 0 Å². The second kappa shape index (κ2) is 7.84. The first-order valence-corrected chi connectivity index (χ1v) is 6.82. The van der Waals surface area contributed by atoms with E-state index in [9.17, 15) is 4.39 Å². The van der Waals surface area contributed by atoms with Crippen LogP contribution in [0.3, 0.4) is 0 Å². The number of hydrogen-bond donors (Lipinski definition) is 1. The van der Waals surface area contributed by atoms with Gasteiger partial charge in [0.2, 0.25) is 0 Å². The van der Waals surface area contributed by atoms with Crippen LogP contribution in [-0.4, -0.2) is 38.3 Å². The molecule has 0 saturated carbocycles. The molecule has 0 aliphatic rings. The standard InChI is InChI=1S/C13H20BrFN2O/c1-3-18-7-6-17(2)13(9-16)10-4-5-12(15)11(14)8-10/h4-5,8,13H,3,6-7,9,16H2,1-2H3. The van der Waals surface area contributed by atoms with Gasteiger partial charge >= 0.3 is 0 Å². The largest absolute Gasteiger partial charge is 0.380 e. The molecule has 0 saturated heterocycles. The van der Waals surface area contributed by atoms with E-state index >= 15 is 0 Å². The second-order valence-electron chi connectivity index (χ2n) is 4.10. The van der Waals surface area contributed by atoms with E-state index < -0.39 is 0 Å². The first kappa shape index (κ1) is 15.6. The van der Waals surface area contributed by atoms with Crippen molar-refractivity contribution in [1.29, 1.82) is 0 Å². The van der Waals surface area contributed by atoms with Crippen molar-refractivity contribution < 1.29 is 9.13 Å². The van der Waals surface area contributed by atoms with E-state index in [0.29, 0.717) is 24.2 Å². The molecule has 0 aliphatic heterocycles. The Morgan fingerprint density at radius 3 is 2.78 bits per heavy atom. The zero-order chi connectivity index (χ0) is 13.5. The Morgan fingerprint density at radius 1 is 1.50 bits per heavy atom. The minimum absolute atomic E-state index is 0.0716. The Bertz CT molecular complexity index is 376. The monoisotopic (exact) mass is 318 g/mol. The van der Waals surface area contributed by atoms with Gasteiger partial charge in [0, 0.05) is 25.7 Å². The first-order valence-electron chi connectivity index (χ1n) is 6.03. The molecular formula is C13H20BrFN2O. The molecule has 1 aromatic rings. The molecule has 3 nitrogen and oxygen atoms in total. The van der Waals surface area contributed by atoms with Crippen molar-refractivity contribution in [2.45, 2.75) is 13.0 Å². The summed E-state index contributed by atoms with van der Waals surface area (Å²) in [4.78, 5) is 2.12. The smallest absolute Gasteiger partial charge is 0.137 e. The number of halogens is 2. The van der Waals surface area contributed by atoms with Gasteiger partial charge in [-0.05, 0) is 47.6 Å². The maximum absolute atomic E-state index is 13.2. The van der Waals surface area contributed by atoms with Crippen molar-refractivity contribution in [3.05, 3.63) is 34.1 Å². The molecule has 18 heavy (non-hydrogen) atoms. The van der Waals surface area contributed by atoms with Crippen LogP contribution in [0.5, 0.6) is 0 Å². The second-order valence-corrected chi connectivity index (χ2v) is 4.96. The fraction of sp³-hybridized carbons (Fsp3) is 0.538. The number of nitrogens with zero attached hydrogens (tertiary/aromatic N) is 1. The van der Waals surface area contributed by atoms with Crippen molar-refractivity contribution in [3.63, 3.8) is 0 Å². The summed E-state index contributed by atoms with van der Waals surface area (Å²) in [5.41, 5.74) is 6.81. The van der Waals surface area contributed by atoms with Crippen LogP contribution < -0.4 is 5.73 Å². The Morgan fingerprint density at radius 2 is 2.22 bits per heavy atom. The molecule has 0 aliphatic carbocycles. The Labute approximate surface area is 116 Å². The van der Waals surface area contributed by atoms with Crippen LogP contribution in [0.4, 0.5) is 4.39 Å². The summed E-state index contributed by atoms with van der Waals surface area (Å²) in [5, 5.41) is 0. The Kier molecular flexibility index (Phi) is 6.78. The minimum atomic E-state index is -0.258. The highest BCUT2D eigenvalue weighted by Gasteiger charge is 2.16. The summed E-state index contributed by atoms with van der Waals surface area (Å²) in [6.45, 7) is 4.64. The van der Waals surface area contributed by atoms with Crippen molar-refractivity contribution in [1.82, 2.24) is 4.90 Å². The van der Waals surface area contributed by atoms with Crippen LogP contribution >= 0.6 is 15.9 Å². The number of hydrogen-bond acceptors (Lipinski definition) is 3. The summed E-state index contributed by atoms with van der Waals surface area (Å²) >= 11 is 3.20. The summed E-state index contributed by atoms with van der Waals surface area (Å²) in [6, 6.07) is 5.08. The summed E-state index contributed by atoms with van der Waals surface area (Å²) in [5.74, 6) is -0.258. The van der Waals surface area contributed by atoms with Gasteiger partial charge in [-0.3, -0.25) is 4.90 Å². The van der Waals surface area contributed by atoms with E-state index in [1.54, 1.807) is 12.1 Å². The lowest BCUT2D eigenvalue weighted by atomic mass is 10.1. The highest BCUT2D eigenvalue weighted by atomic mass is 79.9. The predicted octanol–water partition coefficient (Wildman–Crippen LogP) is 2.56. The van der Waals surface area contributed by atoms with Gasteiger partial charge in [0.25, 0.3) is 0 Å². The maximum atomic E-state index is 13.2. The number of ether oxygens (including phenoxy) is 1. The van der Waals surface area contributed by atoms with Gasteiger partial charge in [0.05, 0.1) is 11.1 Å². The van der Waals surface area contributed by atoms with E-state index in [4.69, 9.17) is 10.5 Å². The molecule has 5 heteroatoms. The van der Waals surface area contributed by atoms with Crippen LogP contribution in [-0.2, 0) is 4.74 Å². The SMILES string of the molecule is CCOCCN(C)C(CN)c1ccc(F)c(Br)c1. The molecule has 0 amide bonds. The van der Waals surface area contributed by atoms with Gasteiger partial charge in [0.1, 0.15) is 5.82 Å². The topological polar surface area (TPSA) is 38.5 Å². The number of nitrogens with two attached hydrogens (primary N) is 1. The van der Waals surface area contributed by atoms with E-state index in [-0.39, 0.29) is 11.9 Å². The summed E-state index contributed by atoms with van der Waals surface area (Å²) < 4.78 is 19.0. The number of rotatable bonds is 7. The first-order chi connectivity index (χ1) is 8.60. The average molecular weight is 319 g/mol. The van der Waals surface area contributed by atoms with Crippen LogP contribution in [0.15, 0.2) is 22.7 Å². The zero-order valence-corrected chi connectivity index (χ0v) is 12.4. The quantitative estimate of drug-likeness (QED) is 0.785. The molecule has 0 bridgehead atoms. The average Bonchev–Trinajstić information content (AvgIpc) is 2.35. The van der Waals surface area contributed by atoms with Gasteiger partial charge in [-0.2, -0.15) is 0 Å². The molecule has 2 N–H and O–H groups in total. The molecule has 0 radical (unpaired) electrons. The zero-order valence-electron chi connectivity index (χ0n) is 10.8. The third-order valence-electron chi connectivity index (χ3n) is 2.88. The minimum Gasteiger partial charge on any atom is -0.380 e. The van der Waals surface area contributed by atoms with Crippen molar-refractivity contribution in [3.8, 4) is 0 Å². The lowest BCUT2D eigenvalue weighted by molar-refractivity contribution is 0.108. The molecular weight excluding hydrogens is 299 g/mol. The highest BCUT2D eigenvalue weighted by Crippen LogP contribution is 2.23. The Hall–Kier alpha value is -0.490. The summed E-state index contributed by atoms with van der Waals surface area (Å²) in [7, 11) is 1.99. The Balaban J connectivity index is 2.72. The lowest BCUT2D eigenvalue weighted by Gasteiger charge is -2.27. The van der Waals surface area contributed by atoms with Crippen molar-refractivity contribution >= 4 is 15.9 Å². The molecule has 1 unspecified atom stereocenters. The molecule has 1 atom stereocenters. The van der Waals surface area contributed by atoms with Gasteiger partial charge in [-0.15, -0.1) is 0 Å². The molecule has 1 rings (SSSR count). The molecule has 0 heterocycles. The third-order valence-corrected chi connectivity index (χ3v) is 3.48. The lowest BCUT2D eigenvalue weighted by Crippen LogP contribution is -2.33. The number of benzene rings is 1. The van der Waals surface area contributed by atoms with Crippen molar-refractivity contribution in [2.75, 3.05) is 33.4 Å². The van der Waals surface area contributed by atoms with Crippen molar-refractivity contribution in [2.24, 2.45) is 5.73 Å². The van der Waals surface area contributed by atoms with Crippen LogP contribution in [0.2, 0.25) is 0 Å². The van der Waals surface area contributed by atoms with E-state index in [0.717, 1.165) is 12.1 Å². The van der Waals surface area contributed by atoms with E-state index in [1.807, 2.05) is 14.0 Å². The summed E-state index contributed by atoms with van der Waals surface area (Å²) in [6.07, 6.45) is 0. The predicted molar refractivity (Wildman–Crippen MR) is 75.0 cm³/mol. The van der Waals surface area contributed by atoms with E-state index in [1.165, 1.54) is 6.07 Å². The highest BCUT2D eigenvalue weighted by molar-refractivity contribution is 9.10. The van der Waals surface area contributed by atoms with E-state index in [2.05, 4.69) is 20.8 Å².